The van der Waals surface area contributed by atoms with E-state index in [-0.39, 0.29) is 16.7 Å². The minimum atomic E-state index is -0.616. The summed E-state index contributed by atoms with van der Waals surface area (Å²) in [6.45, 7) is 7.83. The van der Waals surface area contributed by atoms with Crippen LogP contribution in [0.3, 0.4) is 0 Å². The van der Waals surface area contributed by atoms with Crippen molar-refractivity contribution < 1.29 is 9.90 Å². The van der Waals surface area contributed by atoms with Gasteiger partial charge in [0.1, 0.15) is 0 Å². The van der Waals surface area contributed by atoms with Gasteiger partial charge >= 0.3 is 5.97 Å². The molecule has 0 spiro atoms. The maximum Gasteiger partial charge on any atom is 0.306 e. The fourth-order valence-corrected chi connectivity index (χ4v) is 4.83. The highest BCUT2D eigenvalue weighted by Crippen LogP contribution is 2.41. The Kier molecular flexibility index (Phi) is 5.76. The van der Waals surface area contributed by atoms with Gasteiger partial charge in [-0.1, -0.05) is 57.9 Å². The van der Waals surface area contributed by atoms with Crippen molar-refractivity contribution in [3.63, 3.8) is 0 Å². The van der Waals surface area contributed by atoms with Gasteiger partial charge in [-0.15, -0.1) is 0 Å². The summed E-state index contributed by atoms with van der Waals surface area (Å²) in [7, 11) is 0. The van der Waals surface area contributed by atoms with Crippen molar-refractivity contribution in [3.8, 4) is 0 Å². The van der Waals surface area contributed by atoms with E-state index in [1.54, 1.807) is 0 Å². The molecule has 0 heterocycles. The highest BCUT2D eigenvalue weighted by molar-refractivity contribution is 5.70. The number of carboxylic acid groups (broad SMARTS) is 1. The van der Waals surface area contributed by atoms with Crippen LogP contribution in [0.25, 0.3) is 0 Å². The quantitative estimate of drug-likeness (QED) is 0.777. The van der Waals surface area contributed by atoms with Crippen LogP contribution in [0.2, 0.25) is 0 Å². The molecule has 3 nitrogen and oxygen atoms in total. The minimum absolute atomic E-state index is 0.126. The summed E-state index contributed by atoms with van der Waals surface area (Å²) in [4.78, 5) is 11.1. The van der Waals surface area contributed by atoms with Crippen LogP contribution in [0.1, 0.15) is 83.3 Å². The molecular formula is C23H35NO2. The Bertz CT molecular complexity index is 600. The summed E-state index contributed by atoms with van der Waals surface area (Å²) in [5, 5.41) is 13.0. The number of nitrogens with one attached hydrogen (secondary N) is 1. The number of carbonyl (C=O) groups is 1. The van der Waals surface area contributed by atoms with Crippen LogP contribution in [0.4, 0.5) is 0 Å². The number of aliphatic carboxylic acids is 1. The summed E-state index contributed by atoms with van der Waals surface area (Å²) in [6, 6.07) is 9.82. The molecule has 1 aromatic carbocycles. The first-order chi connectivity index (χ1) is 12.3. The molecule has 1 aromatic rings. The standard InChI is InChI=1S/C23H35NO2/c1-22(2,3)18-8-10-19(11-9-18)23(14-4-5-15-23)16-24-20-12-6-17(7-13-20)21(25)26/h8-11,17,20,24H,4-7,12-16H2,1-3H3,(H,25,26). The smallest absolute Gasteiger partial charge is 0.306 e. The van der Waals surface area contributed by atoms with Crippen LogP contribution in [-0.2, 0) is 15.6 Å². The molecule has 0 aromatic heterocycles. The molecule has 2 saturated carbocycles. The van der Waals surface area contributed by atoms with Crippen molar-refractivity contribution in [2.75, 3.05) is 6.54 Å². The van der Waals surface area contributed by atoms with Gasteiger partial charge in [-0.25, -0.2) is 0 Å². The Balaban J connectivity index is 1.64. The van der Waals surface area contributed by atoms with E-state index in [1.165, 1.54) is 36.8 Å². The van der Waals surface area contributed by atoms with Crippen molar-refractivity contribution >= 4 is 5.97 Å². The summed E-state index contributed by atoms with van der Waals surface area (Å²) in [5.74, 6) is -0.743. The first-order valence-corrected chi connectivity index (χ1v) is 10.4. The van der Waals surface area contributed by atoms with Crippen LogP contribution in [0.15, 0.2) is 24.3 Å². The number of benzene rings is 1. The molecule has 0 atom stereocenters. The molecule has 2 aliphatic carbocycles. The van der Waals surface area contributed by atoms with Crippen LogP contribution in [0, 0.1) is 5.92 Å². The zero-order valence-corrected chi connectivity index (χ0v) is 16.7. The second-order valence-electron chi connectivity index (χ2n) is 9.58. The minimum Gasteiger partial charge on any atom is -0.481 e. The first kappa shape index (κ1) is 19.4. The molecule has 0 amide bonds. The van der Waals surface area contributed by atoms with Gasteiger partial charge in [-0.3, -0.25) is 4.79 Å². The van der Waals surface area contributed by atoms with Gasteiger partial charge in [0, 0.05) is 18.0 Å². The van der Waals surface area contributed by atoms with Crippen LogP contribution >= 0.6 is 0 Å². The Morgan fingerprint density at radius 3 is 2.15 bits per heavy atom. The Hall–Kier alpha value is -1.35. The molecule has 3 rings (SSSR count). The van der Waals surface area contributed by atoms with Crippen LogP contribution in [0.5, 0.6) is 0 Å². The molecule has 3 heteroatoms. The predicted octanol–water partition coefficient (Wildman–Crippen LogP) is 5.03. The van der Waals surface area contributed by atoms with Crippen molar-refractivity contribution in [3.05, 3.63) is 35.4 Å². The van der Waals surface area contributed by atoms with Gasteiger partial charge in [-0.05, 0) is 55.1 Å². The zero-order valence-electron chi connectivity index (χ0n) is 16.7. The molecule has 0 bridgehead atoms. The maximum atomic E-state index is 11.1. The monoisotopic (exact) mass is 357 g/mol. The van der Waals surface area contributed by atoms with E-state index in [0.29, 0.717) is 6.04 Å². The van der Waals surface area contributed by atoms with Crippen LogP contribution in [-0.4, -0.2) is 23.7 Å². The highest BCUT2D eigenvalue weighted by atomic mass is 16.4. The summed E-state index contributed by atoms with van der Waals surface area (Å²) in [6.07, 6.45) is 8.79. The number of hydrogen-bond acceptors (Lipinski definition) is 2. The Morgan fingerprint density at radius 2 is 1.65 bits per heavy atom. The topological polar surface area (TPSA) is 49.3 Å². The summed E-state index contributed by atoms with van der Waals surface area (Å²) < 4.78 is 0. The van der Waals surface area contributed by atoms with Gasteiger partial charge in [0.2, 0.25) is 0 Å². The van der Waals surface area contributed by atoms with Crippen molar-refractivity contribution in [1.29, 1.82) is 0 Å². The molecule has 0 saturated heterocycles. The summed E-state index contributed by atoms with van der Waals surface area (Å²) in [5.41, 5.74) is 3.34. The lowest BCUT2D eigenvalue weighted by Gasteiger charge is -2.35. The van der Waals surface area contributed by atoms with E-state index in [1.807, 2.05) is 0 Å². The van der Waals surface area contributed by atoms with Gasteiger partial charge in [0.05, 0.1) is 5.92 Å². The SMILES string of the molecule is CC(C)(C)c1ccc(C2(CNC3CCC(C(=O)O)CC3)CCCC2)cc1. The molecule has 2 N–H and O–H groups in total. The number of carboxylic acids is 1. The lowest BCUT2D eigenvalue weighted by atomic mass is 9.76. The lowest BCUT2D eigenvalue weighted by molar-refractivity contribution is -0.142. The third-order valence-electron chi connectivity index (χ3n) is 6.73. The van der Waals surface area contributed by atoms with Gasteiger partial charge in [0.25, 0.3) is 0 Å². The molecule has 0 unspecified atom stereocenters. The lowest BCUT2D eigenvalue weighted by Crippen LogP contribution is -2.43. The van der Waals surface area contributed by atoms with Gasteiger partial charge < -0.3 is 10.4 Å². The van der Waals surface area contributed by atoms with E-state index in [9.17, 15) is 9.90 Å². The molecule has 2 fully saturated rings. The second kappa shape index (κ2) is 7.72. The average Bonchev–Trinajstić information content (AvgIpc) is 3.10. The molecule has 144 valence electrons. The molecule has 26 heavy (non-hydrogen) atoms. The highest BCUT2D eigenvalue weighted by Gasteiger charge is 2.36. The second-order valence-corrected chi connectivity index (χ2v) is 9.58. The van der Waals surface area contributed by atoms with E-state index in [2.05, 4.69) is 50.4 Å². The van der Waals surface area contributed by atoms with Gasteiger partial charge in [0.15, 0.2) is 0 Å². The normalized spacial score (nSPS) is 26.0. The van der Waals surface area contributed by atoms with Crippen molar-refractivity contribution in [2.24, 2.45) is 5.92 Å². The third-order valence-corrected chi connectivity index (χ3v) is 6.73. The fraction of sp³-hybridized carbons (Fsp3) is 0.696. The van der Waals surface area contributed by atoms with E-state index < -0.39 is 5.97 Å². The molecule has 0 radical (unpaired) electrons. The largest absolute Gasteiger partial charge is 0.481 e. The molecular weight excluding hydrogens is 322 g/mol. The van der Waals surface area contributed by atoms with E-state index in [0.717, 1.165) is 32.2 Å². The van der Waals surface area contributed by atoms with Crippen molar-refractivity contribution in [1.82, 2.24) is 5.32 Å². The number of rotatable bonds is 5. The van der Waals surface area contributed by atoms with Crippen molar-refractivity contribution in [2.45, 2.75) is 89.0 Å². The maximum absolute atomic E-state index is 11.1. The molecule has 2 aliphatic rings. The Morgan fingerprint density at radius 1 is 1.08 bits per heavy atom. The number of hydrogen-bond donors (Lipinski definition) is 2. The fourth-order valence-electron chi connectivity index (χ4n) is 4.83. The first-order valence-electron chi connectivity index (χ1n) is 10.4. The third kappa shape index (κ3) is 4.31. The predicted molar refractivity (Wildman–Crippen MR) is 107 cm³/mol. The zero-order chi connectivity index (χ0) is 18.8. The van der Waals surface area contributed by atoms with Gasteiger partial charge in [-0.2, -0.15) is 0 Å². The molecule has 0 aliphatic heterocycles. The average molecular weight is 358 g/mol. The van der Waals surface area contributed by atoms with E-state index in [4.69, 9.17) is 0 Å². The Labute approximate surface area is 158 Å². The van der Waals surface area contributed by atoms with E-state index >= 15 is 0 Å². The van der Waals surface area contributed by atoms with Crippen LogP contribution < -0.4 is 5.32 Å². The summed E-state index contributed by atoms with van der Waals surface area (Å²) >= 11 is 0.